The van der Waals surface area contributed by atoms with Crippen LogP contribution in [0.5, 0.6) is 0 Å². The van der Waals surface area contributed by atoms with Crippen LogP contribution in [-0.2, 0) is 21.3 Å². The van der Waals surface area contributed by atoms with Crippen molar-refractivity contribution in [3.63, 3.8) is 0 Å². The maximum atomic E-state index is 12.7. The lowest BCUT2D eigenvalue weighted by Crippen LogP contribution is -2.60. The molecule has 8 nitrogen and oxygen atoms in total. The maximum absolute atomic E-state index is 12.7. The van der Waals surface area contributed by atoms with Crippen LogP contribution >= 0.6 is 11.6 Å². The molecule has 1 amide bonds. The fourth-order valence-corrected chi connectivity index (χ4v) is 6.53. The van der Waals surface area contributed by atoms with Crippen molar-refractivity contribution >= 4 is 33.4 Å². The standard InChI is InChI=1S/C23H29ClF6N4O4S/c1-39(36,37)34-11-9-32(10-12-34)18-4-2-3-17(24)16(18)13-31-14-21(15-31)5-7-33(8-6-21)20(35)38-19(22(25,26)27)23(28,29)30/h2-4,19H,5-15H2,1H3. The zero-order valence-corrected chi connectivity index (χ0v) is 22.6. The highest BCUT2D eigenvalue weighted by Gasteiger charge is 2.60. The Labute approximate surface area is 227 Å². The van der Waals surface area contributed by atoms with Gasteiger partial charge in [0.05, 0.1) is 6.26 Å². The van der Waals surface area contributed by atoms with Crippen molar-refractivity contribution < 1.29 is 44.3 Å². The first-order chi connectivity index (χ1) is 18.0. The molecule has 220 valence electrons. The lowest BCUT2D eigenvalue weighted by atomic mass is 9.72. The molecule has 1 spiro atoms. The third kappa shape index (κ3) is 6.85. The quantitative estimate of drug-likeness (QED) is 0.473. The molecule has 0 aliphatic carbocycles. The van der Waals surface area contributed by atoms with Gasteiger partial charge in [0.1, 0.15) is 0 Å². The van der Waals surface area contributed by atoms with Crippen LogP contribution in [-0.4, -0.2) is 106 Å². The molecule has 1 aromatic carbocycles. The summed E-state index contributed by atoms with van der Waals surface area (Å²) in [7, 11) is -3.27. The topological polar surface area (TPSA) is 73.4 Å². The van der Waals surface area contributed by atoms with Crippen molar-refractivity contribution in [2.24, 2.45) is 5.41 Å². The highest BCUT2D eigenvalue weighted by atomic mass is 35.5. The molecule has 3 aliphatic rings. The average Bonchev–Trinajstić information content (AvgIpc) is 2.81. The number of anilines is 1. The Hall–Kier alpha value is -1.97. The predicted octanol–water partition coefficient (Wildman–Crippen LogP) is 3.95. The number of sulfonamides is 1. The Balaban J connectivity index is 1.32. The molecule has 0 radical (unpaired) electrons. The maximum Gasteiger partial charge on any atom is 0.434 e. The summed E-state index contributed by atoms with van der Waals surface area (Å²) in [6.07, 6.45) is -15.3. The number of rotatable bonds is 5. The number of carbonyl (C=O) groups excluding carboxylic acids is 1. The van der Waals surface area contributed by atoms with Crippen molar-refractivity contribution in [3.05, 3.63) is 28.8 Å². The monoisotopic (exact) mass is 606 g/mol. The number of likely N-dealkylation sites (tertiary alicyclic amines) is 2. The molecule has 3 fully saturated rings. The smallest absolute Gasteiger partial charge is 0.426 e. The van der Waals surface area contributed by atoms with E-state index < -0.39 is 34.6 Å². The molecule has 0 N–H and O–H groups in total. The number of hydrogen-bond acceptors (Lipinski definition) is 6. The van der Waals surface area contributed by atoms with Gasteiger partial charge in [-0.2, -0.15) is 30.6 Å². The molecule has 0 saturated carbocycles. The summed E-state index contributed by atoms with van der Waals surface area (Å²) in [6, 6.07) is 5.55. The molecule has 3 saturated heterocycles. The van der Waals surface area contributed by atoms with E-state index in [0.717, 1.165) is 16.2 Å². The molecule has 3 heterocycles. The van der Waals surface area contributed by atoms with Gasteiger partial charge in [-0.1, -0.05) is 17.7 Å². The van der Waals surface area contributed by atoms with Crippen molar-refractivity contribution in [2.75, 3.05) is 63.5 Å². The summed E-state index contributed by atoms with van der Waals surface area (Å²) in [5.41, 5.74) is 1.61. The lowest BCUT2D eigenvalue weighted by Gasteiger charge is -2.54. The van der Waals surface area contributed by atoms with Crippen LogP contribution in [0.2, 0.25) is 5.02 Å². The molecular weight excluding hydrogens is 578 g/mol. The largest absolute Gasteiger partial charge is 0.434 e. The van der Waals surface area contributed by atoms with Crippen LogP contribution in [0.1, 0.15) is 18.4 Å². The first kappa shape index (κ1) is 30.0. The van der Waals surface area contributed by atoms with Gasteiger partial charge >= 0.3 is 18.4 Å². The van der Waals surface area contributed by atoms with Crippen LogP contribution in [0.3, 0.4) is 0 Å². The number of ether oxygens (including phenoxy) is 1. The van der Waals surface area contributed by atoms with Gasteiger partial charge in [-0.3, -0.25) is 4.90 Å². The molecule has 4 rings (SSSR count). The van der Waals surface area contributed by atoms with Crippen molar-refractivity contribution in [1.29, 1.82) is 0 Å². The zero-order valence-electron chi connectivity index (χ0n) is 21.1. The lowest BCUT2D eigenvalue weighted by molar-refractivity contribution is -0.308. The third-order valence-electron chi connectivity index (χ3n) is 7.54. The molecule has 3 aliphatic heterocycles. The van der Waals surface area contributed by atoms with E-state index in [0.29, 0.717) is 63.7 Å². The second-order valence-electron chi connectivity index (χ2n) is 10.4. The van der Waals surface area contributed by atoms with Gasteiger partial charge in [0, 0.05) is 75.2 Å². The Morgan fingerprint density at radius 3 is 2.08 bits per heavy atom. The molecule has 0 bridgehead atoms. The normalized spacial score (nSPS) is 21.4. The number of halogens is 7. The van der Waals surface area contributed by atoms with E-state index in [9.17, 15) is 39.6 Å². The molecule has 1 aromatic rings. The molecule has 0 unspecified atom stereocenters. The van der Waals surface area contributed by atoms with Crippen LogP contribution in [0.15, 0.2) is 18.2 Å². The molecule has 39 heavy (non-hydrogen) atoms. The van der Waals surface area contributed by atoms with Crippen LogP contribution in [0, 0.1) is 5.41 Å². The van der Waals surface area contributed by atoms with E-state index in [-0.39, 0.29) is 18.5 Å². The Bertz CT molecular complexity index is 1140. The summed E-state index contributed by atoms with van der Waals surface area (Å²) in [5.74, 6) is 0. The van der Waals surface area contributed by atoms with E-state index in [4.69, 9.17) is 11.6 Å². The molecule has 0 atom stereocenters. The summed E-state index contributed by atoms with van der Waals surface area (Å²) >= 11 is 6.53. The number of nitrogens with zero attached hydrogens (tertiary/aromatic N) is 4. The van der Waals surface area contributed by atoms with Crippen molar-refractivity contribution in [2.45, 2.75) is 37.8 Å². The SMILES string of the molecule is CS(=O)(=O)N1CCN(c2cccc(Cl)c2CN2CC3(CCN(C(=O)OC(C(F)(F)F)C(F)(F)F)CC3)C2)CC1. The van der Waals surface area contributed by atoms with E-state index in [1.807, 2.05) is 12.1 Å². The third-order valence-corrected chi connectivity index (χ3v) is 9.20. The van der Waals surface area contributed by atoms with Gasteiger partial charge in [-0.05, 0) is 30.4 Å². The number of benzene rings is 1. The summed E-state index contributed by atoms with van der Waals surface area (Å²) in [6.45, 7) is 3.54. The molecule has 0 aromatic heterocycles. The Kier molecular flexibility index (Phi) is 8.30. The Morgan fingerprint density at radius 2 is 1.56 bits per heavy atom. The van der Waals surface area contributed by atoms with Gasteiger partial charge in [0.15, 0.2) is 0 Å². The number of piperazine rings is 1. The average molecular weight is 607 g/mol. The van der Waals surface area contributed by atoms with Crippen LogP contribution in [0.4, 0.5) is 36.8 Å². The number of alkyl halides is 6. The minimum absolute atomic E-state index is 0.00291. The van der Waals surface area contributed by atoms with Crippen molar-refractivity contribution in [3.8, 4) is 0 Å². The first-order valence-corrected chi connectivity index (χ1v) is 14.5. The van der Waals surface area contributed by atoms with E-state index in [1.54, 1.807) is 6.07 Å². The van der Waals surface area contributed by atoms with Crippen LogP contribution < -0.4 is 4.90 Å². The van der Waals surface area contributed by atoms with Gasteiger partial charge in [-0.15, -0.1) is 0 Å². The summed E-state index contributed by atoms with van der Waals surface area (Å²) in [4.78, 5) is 17.2. The van der Waals surface area contributed by atoms with Crippen molar-refractivity contribution in [1.82, 2.24) is 14.1 Å². The Morgan fingerprint density at radius 1 is 1.00 bits per heavy atom. The fraction of sp³-hybridized carbons (Fsp3) is 0.696. The second-order valence-corrected chi connectivity index (χ2v) is 12.8. The number of carbonyl (C=O) groups is 1. The summed E-state index contributed by atoms with van der Waals surface area (Å²) in [5, 5.41) is 0.570. The minimum Gasteiger partial charge on any atom is -0.426 e. The van der Waals surface area contributed by atoms with E-state index in [1.165, 1.54) is 10.6 Å². The van der Waals surface area contributed by atoms with Gasteiger partial charge in [0.25, 0.3) is 6.10 Å². The molecule has 16 heteroatoms. The second kappa shape index (κ2) is 10.8. The van der Waals surface area contributed by atoms with Gasteiger partial charge in [-0.25, -0.2) is 13.2 Å². The molecular formula is C23H29ClF6N4O4S. The van der Waals surface area contributed by atoms with E-state index >= 15 is 0 Å². The highest BCUT2D eigenvalue weighted by molar-refractivity contribution is 7.88. The highest BCUT2D eigenvalue weighted by Crippen LogP contribution is 2.43. The number of piperidine rings is 1. The van der Waals surface area contributed by atoms with Gasteiger partial charge in [0.2, 0.25) is 10.0 Å². The number of hydrogen-bond donors (Lipinski definition) is 0. The first-order valence-electron chi connectivity index (χ1n) is 12.3. The van der Waals surface area contributed by atoms with E-state index in [2.05, 4.69) is 14.5 Å². The summed E-state index contributed by atoms with van der Waals surface area (Å²) < 4.78 is 105. The minimum atomic E-state index is -5.75. The van der Waals surface area contributed by atoms with Crippen LogP contribution in [0.25, 0.3) is 0 Å². The fourth-order valence-electron chi connectivity index (χ4n) is 5.47. The zero-order chi connectivity index (χ0) is 28.8. The number of amides is 1. The predicted molar refractivity (Wildman–Crippen MR) is 131 cm³/mol. The van der Waals surface area contributed by atoms with Gasteiger partial charge < -0.3 is 14.5 Å².